The molecule has 1 aromatic carbocycles. The number of anilines is 1. The number of pyridine rings is 1. The Morgan fingerprint density at radius 1 is 1.10 bits per heavy atom. The van der Waals surface area contributed by atoms with Crippen LogP contribution in [-0.2, 0) is 29.0 Å². The van der Waals surface area contributed by atoms with Crippen LogP contribution < -0.4 is 16.0 Å². The summed E-state index contributed by atoms with van der Waals surface area (Å²) in [7, 11) is 0. The summed E-state index contributed by atoms with van der Waals surface area (Å²) in [6, 6.07) is 7.05. The molecule has 0 spiro atoms. The fourth-order valence-electron chi connectivity index (χ4n) is 3.05. The van der Waals surface area contributed by atoms with Gasteiger partial charge in [0.05, 0.1) is 23.9 Å². The predicted octanol–water partition coefficient (Wildman–Crippen LogP) is 2.42. The number of nitro groups is 1. The van der Waals surface area contributed by atoms with Crippen molar-refractivity contribution in [1.29, 1.82) is 0 Å². The highest BCUT2D eigenvalue weighted by atomic mass is 19.4. The van der Waals surface area contributed by atoms with Crippen molar-refractivity contribution >= 4 is 35.3 Å². The van der Waals surface area contributed by atoms with Crippen molar-refractivity contribution in [3.8, 4) is 0 Å². The van der Waals surface area contributed by atoms with Crippen LogP contribution in [-0.4, -0.2) is 52.9 Å². The molecule has 0 aliphatic rings. The number of nitrogens with one attached hydrogen (secondary N) is 3. The molecule has 0 bridgehead atoms. The highest BCUT2D eigenvalue weighted by Gasteiger charge is 2.43. The van der Waals surface area contributed by atoms with E-state index in [9.17, 15) is 42.5 Å². The van der Waals surface area contributed by atoms with Crippen LogP contribution >= 0.6 is 0 Å². The number of rotatable bonds is 12. The van der Waals surface area contributed by atoms with Crippen LogP contribution in [0.5, 0.6) is 0 Å². The third-order valence-electron chi connectivity index (χ3n) is 4.88. The molecule has 0 radical (unpaired) electrons. The van der Waals surface area contributed by atoms with Crippen molar-refractivity contribution in [3.63, 3.8) is 0 Å². The number of aromatic nitrogens is 1. The van der Waals surface area contributed by atoms with Crippen molar-refractivity contribution in [2.75, 3.05) is 18.4 Å². The van der Waals surface area contributed by atoms with Crippen molar-refractivity contribution in [2.24, 2.45) is 0 Å². The Morgan fingerprint density at radius 2 is 1.85 bits per heavy atom. The van der Waals surface area contributed by atoms with E-state index in [0.29, 0.717) is 18.8 Å². The van der Waals surface area contributed by atoms with Gasteiger partial charge in [-0.05, 0) is 36.6 Å². The second-order valence-corrected chi connectivity index (χ2v) is 8.03. The zero-order chi connectivity index (χ0) is 29.0. The van der Waals surface area contributed by atoms with E-state index >= 15 is 0 Å². The van der Waals surface area contributed by atoms with E-state index < -0.39 is 59.5 Å². The molecular weight excluding hydrogens is 531 g/mol. The average Bonchev–Trinajstić information content (AvgIpc) is 2.87. The summed E-state index contributed by atoms with van der Waals surface area (Å²) in [5.74, 6) is -4.89. The molecule has 0 saturated heterocycles. The number of amides is 2. The van der Waals surface area contributed by atoms with Crippen LogP contribution in [0.15, 0.2) is 42.6 Å². The molecule has 2 aromatic rings. The summed E-state index contributed by atoms with van der Waals surface area (Å²) in [6.07, 6.45) is -4.15. The molecule has 2 amide bonds. The first-order chi connectivity index (χ1) is 18.3. The SMILES string of the molecule is Cc1ccnc(NCCCC(=O)NCC(=O)NC(CC(=O)OOC(=O)C(F)(F)F)c2cccc([N+](=O)[O-])c2)c1. The largest absolute Gasteiger partial charge is 0.495 e. The maximum Gasteiger partial charge on any atom is 0.495 e. The molecule has 1 atom stereocenters. The van der Waals surface area contributed by atoms with Crippen LogP contribution in [0, 0.1) is 17.0 Å². The molecule has 39 heavy (non-hydrogen) atoms. The molecule has 1 unspecified atom stereocenters. The number of carbonyl (C=O) groups is 4. The Balaban J connectivity index is 1.91. The lowest BCUT2D eigenvalue weighted by Gasteiger charge is -2.18. The molecule has 16 heteroatoms. The van der Waals surface area contributed by atoms with Crippen molar-refractivity contribution in [2.45, 2.75) is 38.4 Å². The summed E-state index contributed by atoms with van der Waals surface area (Å²) in [4.78, 5) is 68.9. The molecule has 210 valence electrons. The van der Waals surface area contributed by atoms with Gasteiger partial charge >= 0.3 is 18.1 Å². The minimum atomic E-state index is -5.42. The van der Waals surface area contributed by atoms with Crippen LogP contribution in [0.25, 0.3) is 0 Å². The fraction of sp³-hybridized carbons (Fsp3) is 0.348. The first-order valence-electron chi connectivity index (χ1n) is 11.3. The van der Waals surface area contributed by atoms with Crippen LogP contribution in [0.1, 0.15) is 36.4 Å². The number of non-ortho nitro benzene ring substituents is 1. The summed E-state index contributed by atoms with van der Waals surface area (Å²) in [6.45, 7) is 1.81. The Hall–Kier alpha value is -4.76. The molecule has 0 saturated carbocycles. The number of hydrogen-bond donors (Lipinski definition) is 3. The molecular formula is C23H24F3N5O8. The van der Waals surface area contributed by atoms with Gasteiger partial charge in [-0.1, -0.05) is 12.1 Å². The second-order valence-electron chi connectivity index (χ2n) is 8.03. The maximum absolute atomic E-state index is 12.4. The van der Waals surface area contributed by atoms with E-state index in [2.05, 4.69) is 30.7 Å². The Kier molecular flexibility index (Phi) is 11.1. The Labute approximate surface area is 219 Å². The Morgan fingerprint density at radius 3 is 2.51 bits per heavy atom. The lowest BCUT2D eigenvalue weighted by molar-refractivity contribution is -0.384. The van der Waals surface area contributed by atoms with Crippen LogP contribution in [0.3, 0.4) is 0 Å². The van der Waals surface area contributed by atoms with E-state index in [1.807, 2.05) is 19.1 Å². The third kappa shape index (κ3) is 11.0. The average molecular weight is 555 g/mol. The van der Waals surface area contributed by atoms with Gasteiger partial charge in [-0.15, -0.1) is 0 Å². The third-order valence-corrected chi connectivity index (χ3v) is 4.88. The minimum absolute atomic E-state index is 0.0267. The van der Waals surface area contributed by atoms with Crippen molar-refractivity contribution in [3.05, 3.63) is 63.8 Å². The van der Waals surface area contributed by atoms with Gasteiger partial charge in [0.2, 0.25) is 11.8 Å². The molecule has 0 fully saturated rings. The number of alkyl halides is 3. The fourth-order valence-corrected chi connectivity index (χ4v) is 3.05. The normalized spacial score (nSPS) is 11.6. The van der Waals surface area contributed by atoms with Gasteiger partial charge in [0.25, 0.3) is 5.69 Å². The lowest BCUT2D eigenvalue weighted by Crippen LogP contribution is -2.39. The van der Waals surface area contributed by atoms with Crippen molar-refractivity contribution in [1.82, 2.24) is 15.6 Å². The molecule has 3 N–H and O–H groups in total. The zero-order valence-corrected chi connectivity index (χ0v) is 20.4. The molecule has 1 aromatic heterocycles. The number of halogens is 3. The van der Waals surface area contributed by atoms with Gasteiger partial charge < -0.3 is 16.0 Å². The van der Waals surface area contributed by atoms with E-state index in [4.69, 9.17) is 0 Å². The number of nitrogens with zero attached hydrogens (tertiary/aromatic N) is 2. The monoisotopic (exact) mass is 555 g/mol. The highest BCUT2D eigenvalue weighted by Crippen LogP contribution is 2.23. The van der Waals surface area contributed by atoms with E-state index in [1.165, 1.54) is 12.1 Å². The standard InChI is InChI=1S/C23H24F3N5O8/c1-14-7-9-28-18(10-14)27-8-3-6-19(32)29-13-20(33)30-17(15-4-2-5-16(11-15)31(36)37)12-21(34)38-39-22(35)23(24,25)26/h2,4-5,7,9-11,17H,3,6,8,12-13H2,1H3,(H,27,28)(H,29,32)(H,30,33). The lowest BCUT2D eigenvalue weighted by atomic mass is 10.0. The second kappa shape index (κ2) is 14.3. The van der Waals surface area contributed by atoms with Gasteiger partial charge in [-0.2, -0.15) is 13.2 Å². The molecule has 0 aliphatic carbocycles. The zero-order valence-electron chi connectivity index (χ0n) is 20.4. The van der Waals surface area contributed by atoms with Gasteiger partial charge in [0, 0.05) is 31.3 Å². The maximum atomic E-state index is 12.4. The molecule has 1 heterocycles. The molecule has 2 rings (SSSR count). The van der Waals surface area contributed by atoms with E-state index in [1.54, 1.807) is 6.20 Å². The van der Waals surface area contributed by atoms with Crippen molar-refractivity contribution < 1.29 is 47.0 Å². The minimum Gasteiger partial charge on any atom is -0.370 e. The first-order valence-corrected chi connectivity index (χ1v) is 11.3. The smallest absolute Gasteiger partial charge is 0.370 e. The number of hydrogen-bond acceptors (Lipinski definition) is 10. The quantitative estimate of drug-likeness (QED) is 0.152. The van der Waals surface area contributed by atoms with Crippen LogP contribution in [0.2, 0.25) is 0 Å². The summed E-state index contributed by atoms with van der Waals surface area (Å²) >= 11 is 0. The number of aryl methyl sites for hydroxylation is 1. The predicted molar refractivity (Wildman–Crippen MR) is 127 cm³/mol. The van der Waals surface area contributed by atoms with E-state index in [-0.39, 0.29) is 12.0 Å². The van der Waals surface area contributed by atoms with Gasteiger partial charge in [0.1, 0.15) is 5.82 Å². The number of benzene rings is 1. The van der Waals surface area contributed by atoms with Crippen LogP contribution in [0.4, 0.5) is 24.7 Å². The van der Waals surface area contributed by atoms with E-state index in [0.717, 1.165) is 17.7 Å². The number of nitro benzene ring substituents is 1. The number of carbonyl (C=O) groups excluding carboxylic acids is 4. The van der Waals surface area contributed by atoms with Gasteiger partial charge in [-0.3, -0.25) is 19.7 Å². The first kappa shape index (κ1) is 30.5. The highest BCUT2D eigenvalue weighted by molar-refractivity contribution is 5.85. The van der Waals surface area contributed by atoms with Gasteiger partial charge in [-0.25, -0.2) is 24.3 Å². The van der Waals surface area contributed by atoms with Gasteiger partial charge in [0.15, 0.2) is 0 Å². The Bertz CT molecular complexity index is 1210. The topological polar surface area (TPSA) is 179 Å². The summed E-state index contributed by atoms with van der Waals surface area (Å²) < 4.78 is 36.7. The molecule has 0 aliphatic heterocycles. The molecule has 13 nitrogen and oxygen atoms in total. The summed E-state index contributed by atoms with van der Waals surface area (Å²) in [5.41, 5.74) is 0.639. The summed E-state index contributed by atoms with van der Waals surface area (Å²) in [5, 5.41) is 18.8.